The number of hydrogen-bond acceptors (Lipinski definition) is 5. The number of carbonyl (C=O) groups excluding carboxylic acids is 1. The zero-order valence-corrected chi connectivity index (χ0v) is 13.9. The molecule has 6 heteroatoms. The third-order valence-corrected chi connectivity index (χ3v) is 4.68. The molecule has 2 heterocycles. The zero-order valence-electron chi connectivity index (χ0n) is 13.1. The van der Waals surface area contributed by atoms with E-state index < -0.39 is 6.10 Å². The van der Waals surface area contributed by atoms with Gasteiger partial charge in [-0.25, -0.2) is 0 Å². The number of aliphatic hydroxyl groups is 1. The second kappa shape index (κ2) is 7.33. The molecule has 2 aromatic heterocycles. The topological polar surface area (TPSA) is 71.7 Å². The van der Waals surface area contributed by atoms with Gasteiger partial charge in [0.2, 0.25) is 0 Å². The number of ether oxygens (including phenoxy) is 1. The van der Waals surface area contributed by atoms with E-state index in [1.165, 1.54) is 24.7 Å². The molecule has 3 rings (SSSR count). The Labute approximate surface area is 143 Å². The van der Waals surface area contributed by atoms with Gasteiger partial charge in [0, 0.05) is 9.75 Å². The van der Waals surface area contributed by atoms with Crippen LogP contribution in [0.3, 0.4) is 0 Å². The van der Waals surface area contributed by atoms with Crippen molar-refractivity contribution < 1.29 is 19.1 Å². The molecule has 24 heavy (non-hydrogen) atoms. The molecule has 5 nitrogen and oxygen atoms in total. The van der Waals surface area contributed by atoms with E-state index in [1.807, 2.05) is 18.2 Å². The van der Waals surface area contributed by atoms with Crippen LogP contribution in [0, 0.1) is 0 Å². The van der Waals surface area contributed by atoms with Gasteiger partial charge in [-0.3, -0.25) is 4.79 Å². The molecular weight excluding hydrogens is 326 g/mol. The highest BCUT2D eigenvalue weighted by Gasteiger charge is 2.16. The Kier molecular flexibility index (Phi) is 4.98. The summed E-state index contributed by atoms with van der Waals surface area (Å²) < 4.78 is 10.4. The smallest absolute Gasteiger partial charge is 0.255 e. The van der Waals surface area contributed by atoms with E-state index in [4.69, 9.17) is 9.15 Å². The summed E-state index contributed by atoms with van der Waals surface area (Å²) in [5.74, 6) is 0.838. The van der Waals surface area contributed by atoms with Crippen LogP contribution in [-0.4, -0.2) is 18.1 Å². The van der Waals surface area contributed by atoms with E-state index in [2.05, 4.69) is 5.32 Å². The number of aliphatic hydroxyl groups excluding tert-OH is 1. The van der Waals surface area contributed by atoms with E-state index in [1.54, 1.807) is 30.3 Å². The molecule has 0 radical (unpaired) electrons. The number of carbonyl (C=O) groups is 1. The van der Waals surface area contributed by atoms with Gasteiger partial charge in [0.05, 0.1) is 25.5 Å². The minimum atomic E-state index is -0.788. The van der Waals surface area contributed by atoms with Gasteiger partial charge in [-0.15, -0.1) is 11.3 Å². The lowest BCUT2D eigenvalue weighted by Gasteiger charge is -2.08. The first-order valence-corrected chi connectivity index (χ1v) is 8.22. The van der Waals surface area contributed by atoms with Crippen molar-refractivity contribution in [3.05, 3.63) is 75.9 Å². The van der Waals surface area contributed by atoms with Gasteiger partial charge >= 0.3 is 0 Å². The summed E-state index contributed by atoms with van der Waals surface area (Å²) in [5.41, 5.74) is 0.493. The van der Waals surface area contributed by atoms with E-state index >= 15 is 0 Å². The third-order valence-electron chi connectivity index (χ3n) is 3.54. The van der Waals surface area contributed by atoms with Gasteiger partial charge in [0.1, 0.15) is 17.6 Å². The fourth-order valence-electron chi connectivity index (χ4n) is 2.32. The summed E-state index contributed by atoms with van der Waals surface area (Å²) in [6.45, 7) is 0.381. The largest absolute Gasteiger partial charge is 0.496 e. The minimum absolute atomic E-state index is 0.200. The van der Waals surface area contributed by atoms with Gasteiger partial charge < -0.3 is 19.6 Å². The van der Waals surface area contributed by atoms with Crippen LogP contribution in [0.5, 0.6) is 5.75 Å². The number of benzene rings is 1. The van der Waals surface area contributed by atoms with Crippen molar-refractivity contribution >= 4 is 17.2 Å². The first kappa shape index (κ1) is 16.3. The van der Waals surface area contributed by atoms with Crippen molar-refractivity contribution in [1.29, 1.82) is 0 Å². The number of nitrogens with one attached hydrogen (secondary N) is 1. The summed E-state index contributed by atoms with van der Waals surface area (Å²) in [4.78, 5) is 14.0. The molecule has 3 aromatic rings. The molecule has 0 spiro atoms. The highest BCUT2D eigenvalue weighted by atomic mass is 32.1. The Morgan fingerprint density at radius 1 is 1.25 bits per heavy atom. The SMILES string of the molecule is COc1ccccc1C(=O)NCc1ccc(C(O)c2ccco2)s1. The quantitative estimate of drug-likeness (QED) is 0.720. The molecule has 0 saturated carbocycles. The van der Waals surface area contributed by atoms with Crippen LogP contribution in [0.2, 0.25) is 0 Å². The van der Waals surface area contributed by atoms with Crippen molar-refractivity contribution in [2.24, 2.45) is 0 Å². The fourth-order valence-corrected chi connectivity index (χ4v) is 3.27. The molecule has 0 aliphatic carbocycles. The Balaban J connectivity index is 1.64. The van der Waals surface area contributed by atoms with Crippen LogP contribution in [0.25, 0.3) is 0 Å². The van der Waals surface area contributed by atoms with E-state index in [-0.39, 0.29) is 5.91 Å². The molecule has 0 fully saturated rings. The Morgan fingerprint density at radius 2 is 2.08 bits per heavy atom. The number of methoxy groups -OCH3 is 1. The number of hydrogen-bond donors (Lipinski definition) is 2. The second-order valence-corrected chi connectivity index (χ2v) is 6.30. The van der Waals surface area contributed by atoms with Gasteiger partial charge in [0.15, 0.2) is 0 Å². The predicted octanol–water partition coefficient (Wildman–Crippen LogP) is 3.36. The highest BCUT2D eigenvalue weighted by molar-refractivity contribution is 7.12. The van der Waals surface area contributed by atoms with E-state index in [0.717, 1.165) is 9.75 Å². The Hall–Kier alpha value is -2.57. The summed E-state index contributed by atoms with van der Waals surface area (Å²) >= 11 is 1.43. The van der Waals surface area contributed by atoms with Crippen molar-refractivity contribution in [3.8, 4) is 5.75 Å². The van der Waals surface area contributed by atoms with Gasteiger partial charge in [-0.2, -0.15) is 0 Å². The molecule has 1 atom stereocenters. The van der Waals surface area contributed by atoms with E-state index in [9.17, 15) is 9.90 Å². The lowest BCUT2D eigenvalue weighted by atomic mass is 10.2. The summed E-state index contributed by atoms with van der Waals surface area (Å²) in [6, 6.07) is 14.3. The molecule has 0 aliphatic heterocycles. The van der Waals surface area contributed by atoms with Crippen molar-refractivity contribution in [1.82, 2.24) is 5.32 Å². The molecule has 124 valence electrons. The standard InChI is InChI=1S/C18H17NO4S/c1-22-14-6-3-2-5-13(14)18(21)19-11-12-8-9-16(24-12)17(20)15-7-4-10-23-15/h2-10,17,20H,11H2,1H3,(H,19,21). The normalized spacial score (nSPS) is 11.9. The van der Waals surface area contributed by atoms with Crippen LogP contribution in [0.1, 0.15) is 32.0 Å². The summed E-state index contributed by atoms with van der Waals surface area (Å²) in [7, 11) is 1.54. The maximum absolute atomic E-state index is 12.3. The second-order valence-electron chi connectivity index (χ2n) is 5.10. The molecule has 0 saturated heterocycles. The monoisotopic (exact) mass is 343 g/mol. The number of amides is 1. The minimum Gasteiger partial charge on any atom is -0.496 e. The number of rotatable bonds is 6. The van der Waals surface area contributed by atoms with Crippen LogP contribution in [0.4, 0.5) is 0 Å². The third kappa shape index (κ3) is 3.50. The molecule has 2 N–H and O–H groups in total. The van der Waals surface area contributed by atoms with Crippen LogP contribution >= 0.6 is 11.3 Å². The van der Waals surface area contributed by atoms with E-state index in [0.29, 0.717) is 23.6 Å². The zero-order chi connectivity index (χ0) is 16.9. The fraction of sp³-hybridized carbons (Fsp3) is 0.167. The molecule has 0 aliphatic rings. The maximum atomic E-state index is 12.3. The Morgan fingerprint density at radius 3 is 2.83 bits per heavy atom. The summed E-state index contributed by atoms with van der Waals surface area (Å²) in [6.07, 6.45) is 0.740. The maximum Gasteiger partial charge on any atom is 0.255 e. The van der Waals surface area contributed by atoms with Crippen LogP contribution < -0.4 is 10.1 Å². The molecular formula is C18H17NO4S. The van der Waals surface area contributed by atoms with Gasteiger partial charge in [0.25, 0.3) is 5.91 Å². The number of thiophene rings is 1. The molecule has 0 bridgehead atoms. The molecule has 1 amide bonds. The average Bonchev–Trinajstić information content (AvgIpc) is 3.30. The predicted molar refractivity (Wildman–Crippen MR) is 91.3 cm³/mol. The molecule has 1 unspecified atom stereocenters. The Bertz CT molecular complexity index is 810. The number of furan rings is 1. The lowest BCUT2D eigenvalue weighted by Crippen LogP contribution is -2.22. The molecule has 1 aromatic carbocycles. The first-order valence-electron chi connectivity index (χ1n) is 7.40. The van der Waals surface area contributed by atoms with Crippen molar-refractivity contribution in [3.63, 3.8) is 0 Å². The first-order chi connectivity index (χ1) is 11.7. The average molecular weight is 343 g/mol. The lowest BCUT2D eigenvalue weighted by molar-refractivity contribution is 0.0948. The van der Waals surface area contributed by atoms with Crippen molar-refractivity contribution in [2.75, 3.05) is 7.11 Å². The van der Waals surface area contributed by atoms with Crippen molar-refractivity contribution in [2.45, 2.75) is 12.6 Å². The summed E-state index contributed by atoms with van der Waals surface area (Å²) in [5, 5.41) is 13.1. The van der Waals surface area contributed by atoms with Gasteiger partial charge in [-0.1, -0.05) is 12.1 Å². The van der Waals surface area contributed by atoms with Crippen LogP contribution in [0.15, 0.2) is 59.2 Å². The van der Waals surface area contributed by atoms with Crippen LogP contribution in [-0.2, 0) is 6.54 Å². The highest BCUT2D eigenvalue weighted by Crippen LogP contribution is 2.28. The van der Waals surface area contributed by atoms with Gasteiger partial charge in [-0.05, 0) is 36.4 Å². The number of para-hydroxylation sites is 1.